The topological polar surface area (TPSA) is 77.1 Å². The van der Waals surface area contributed by atoms with E-state index in [1.807, 2.05) is 30.7 Å². The minimum absolute atomic E-state index is 0.107. The first kappa shape index (κ1) is 21.8. The van der Waals surface area contributed by atoms with Gasteiger partial charge in [0.25, 0.3) is 5.91 Å². The van der Waals surface area contributed by atoms with Crippen molar-refractivity contribution in [2.75, 3.05) is 5.32 Å². The molecule has 0 spiro atoms. The highest BCUT2D eigenvalue weighted by Gasteiger charge is 2.36. The number of fused-ring (bicyclic) bond motifs is 1. The number of nitrogens with one attached hydrogen (secondary N) is 1. The fourth-order valence-corrected chi connectivity index (χ4v) is 3.65. The normalized spacial score (nSPS) is 11.8. The molecule has 0 saturated heterocycles. The lowest BCUT2D eigenvalue weighted by molar-refractivity contribution is -0.142. The van der Waals surface area contributed by atoms with Gasteiger partial charge in [-0.05, 0) is 50.6 Å². The predicted molar refractivity (Wildman–Crippen MR) is 113 cm³/mol. The van der Waals surface area contributed by atoms with Gasteiger partial charge in [-0.1, -0.05) is 23.7 Å². The summed E-state index contributed by atoms with van der Waals surface area (Å²) in [5, 5.41) is 10.6. The van der Waals surface area contributed by atoms with Gasteiger partial charge in [0.05, 0.1) is 12.2 Å². The number of hydrogen-bond acceptors (Lipinski definition) is 4. The third kappa shape index (κ3) is 4.18. The molecular formula is C21H18ClF3N6O. The Hall–Kier alpha value is -3.40. The average Bonchev–Trinajstić information content (AvgIpc) is 3.19. The molecule has 166 valence electrons. The van der Waals surface area contributed by atoms with Crippen LogP contribution in [0.5, 0.6) is 0 Å². The Morgan fingerprint density at radius 3 is 2.50 bits per heavy atom. The highest BCUT2D eigenvalue weighted by Crippen LogP contribution is 2.32. The third-order valence-corrected chi connectivity index (χ3v) is 5.13. The van der Waals surface area contributed by atoms with Crippen molar-refractivity contribution < 1.29 is 18.0 Å². The molecule has 4 aromatic rings. The Morgan fingerprint density at radius 2 is 1.84 bits per heavy atom. The molecular weight excluding hydrogens is 445 g/mol. The second-order valence-corrected chi connectivity index (χ2v) is 7.80. The van der Waals surface area contributed by atoms with E-state index in [2.05, 4.69) is 20.5 Å². The third-order valence-electron chi connectivity index (χ3n) is 4.79. The molecule has 3 aromatic heterocycles. The predicted octanol–water partition coefficient (Wildman–Crippen LogP) is 4.82. The van der Waals surface area contributed by atoms with Gasteiger partial charge >= 0.3 is 6.18 Å². The number of aromatic nitrogens is 5. The molecule has 3 heterocycles. The van der Waals surface area contributed by atoms with Crippen LogP contribution in [0.2, 0.25) is 5.02 Å². The van der Waals surface area contributed by atoms with Crippen LogP contribution in [-0.4, -0.2) is 30.3 Å². The number of rotatable bonds is 4. The van der Waals surface area contributed by atoms with Crippen molar-refractivity contribution in [2.24, 2.45) is 0 Å². The Balaban J connectivity index is 1.63. The number of anilines is 1. The van der Waals surface area contributed by atoms with E-state index in [1.54, 1.807) is 18.2 Å². The zero-order valence-corrected chi connectivity index (χ0v) is 18.1. The van der Waals surface area contributed by atoms with Crippen LogP contribution in [-0.2, 0) is 12.7 Å². The summed E-state index contributed by atoms with van der Waals surface area (Å²) in [4.78, 5) is 16.8. The summed E-state index contributed by atoms with van der Waals surface area (Å²) < 4.78 is 42.6. The highest BCUT2D eigenvalue weighted by atomic mass is 35.5. The maximum atomic E-state index is 13.4. The lowest BCUT2D eigenvalue weighted by Gasteiger charge is -2.09. The molecule has 0 atom stereocenters. The summed E-state index contributed by atoms with van der Waals surface area (Å²) in [6.45, 7) is 5.75. The molecule has 1 N–H and O–H groups in total. The van der Waals surface area contributed by atoms with E-state index in [0.717, 1.165) is 23.0 Å². The zero-order chi connectivity index (χ0) is 23.2. The van der Waals surface area contributed by atoms with Crippen molar-refractivity contribution in [1.29, 1.82) is 0 Å². The number of aryl methyl sites for hydroxylation is 3. The second kappa shape index (κ2) is 7.94. The Labute approximate surface area is 185 Å². The molecule has 32 heavy (non-hydrogen) atoms. The van der Waals surface area contributed by atoms with Crippen LogP contribution in [0.3, 0.4) is 0 Å². The number of nitrogens with zero attached hydrogens (tertiary/aromatic N) is 5. The van der Waals surface area contributed by atoms with Crippen molar-refractivity contribution in [3.8, 4) is 0 Å². The zero-order valence-electron chi connectivity index (χ0n) is 17.3. The number of alkyl halides is 3. The Kier molecular flexibility index (Phi) is 5.41. The molecule has 0 aliphatic heterocycles. The van der Waals surface area contributed by atoms with Crippen LogP contribution >= 0.6 is 11.6 Å². The maximum absolute atomic E-state index is 13.4. The summed E-state index contributed by atoms with van der Waals surface area (Å²) in [5.41, 5.74) is 1.69. The van der Waals surface area contributed by atoms with Crippen LogP contribution < -0.4 is 5.32 Å². The van der Waals surface area contributed by atoms with Crippen LogP contribution in [0.15, 0.2) is 36.4 Å². The smallest absolute Gasteiger partial charge is 0.321 e. The van der Waals surface area contributed by atoms with Gasteiger partial charge in [0, 0.05) is 17.1 Å². The van der Waals surface area contributed by atoms with Gasteiger partial charge < -0.3 is 5.32 Å². The first-order valence-electron chi connectivity index (χ1n) is 9.57. The number of halogens is 4. The molecule has 0 saturated carbocycles. The van der Waals surface area contributed by atoms with Crippen molar-refractivity contribution in [2.45, 2.75) is 33.5 Å². The fourth-order valence-electron chi connectivity index (χ4n) is 3.41. The summed E-state index contributed by atoms with van der Waals surface area (Å²) in [7, 11) is 0. The fraction of sp³-hybridized carbons (Fsp3) is 0.238. The van der Waals surface area contributed by atoms with Crippen LogP contribution in [0.4, 0.5) is 18.9 Å². The van der Waals surface area contributed by atoms with Crippen molar-refractivity contribution in [1.82, 2.24) is 24.4 Å². The van der Waals surface area contributed by atoms with Crippen molar-refractivity contribution in [3.63, 3.8) is 0 Å². The lowest BCUT2D eigenvalue weighted by Crippen LogP contribution is -2.16. The SMILES string of the molecule is Cc1cc(C(F)(F)F)n2nc(C(=O)Nc3cccc(Cn4nc(C)cc4C)c3)c(Cl)c2n1. The van der Waals surface area contributed by atoms with Crippen LogP contribution in [0.25, 0.3) is 5.65 Å². The molecule has 1 amide bonds. The molecule has 4 rings (SSSR count). The van der Waals surface area contributed by atoms with Crippen molar-refractivity contribution in [3.05, 3.63) is 75.5 Å². The molecule has 7 nitrogen and oxygen atoms in total. The molecule has 1 aromatic carbocycles. The molecule has 0 radical (unpaired) electrons. The summed E-state index contributed by atoms with van der Waals surface area (Å²) in [6, 6.07) is 9.86. The number of benzene rings is 1. The molecule has 0 fully saturated rings. The first-order chi connectivity index (χ1) is 15.0. The van der Waals surface area contributed by atoms with Gasteiger partial charge in [-0.15, -0.1) is 0 Å². The monoisotopic (exact) mass is 462 g/mol. The van der Waals surface area contributed by atoms with Crippen LogP contribution in [0.1, 0.15) is 38.8 Å². The van der Waals surface area contributed by atoms with E-state index in [1.165, 1.54) is 6.92 Å². The van der Waals surface area contributed by atoms with E-state index in [0.29, 0.717) is 16.7 Å². The minimum atomic E-state index is -4.69. The first-order valence-corrected chi connectivity index (χ1v) is 9.95. The number of amides is 1. The molecule has 0 aliphatic rings. The quantitative estimate of drug-likeness (QED) is 0.471. The van der Waals surface area contributed by atoms with Gasteiger partial charge in [0.2, 0.25) is 0 Å². The summed E-state index contributed by atoms with van der Waals surface area (Å²) in [5.74, 6) is -0.741. The average molecular weight is 463 g/mol. The van der Waals surface area contributed by atoms with Gasteiger partial charge in [0.1, 0.15) is 10.7 Å². The summed E-state index contributed by atoms with van der Waals surface area (Å²) >= 11 is 6.18. The Bertz CT molecular complexity index is 1340. The van der Waals surface area contributed by atoms with E-state index < -0.39 is 17.8 Å². The van der Waals surface area contributed by atoms with Gasteiger partial charge in [-0.3, -0.25) is 9.48 Å². The van der Waals surface area contributed by atoms with Gasteiger partial charge in [-0.2, -0.15) is 23.4 Å². The molecule has 0 bridgehead atoms. The number of carbonyl (C=O) groups excluding carboxylic acids is 1. The van der Waals surface area contributed by atoms with E-state index >= 15 is 0 Å². The van der Waals surface area contributed by atoms with Crippen molar-refractivity contribution >= 4 is 28.8 Å². The van der Waals surface area contributed by atoms with E-state index in [4.69, 9.17) is 11.6 Å². The molecule has 0 aliphatic carbocycles. The van der Waals surface area contributed by atoms with Gasteiger partial charge in [-0.25, -0.2) is 9.50 Å². The molecule has 11 heteroatoms. The number of hydrogen-bond donors (Lipinski definition) is 1. The second-order valence-electron chi connectivity index (χ2n) is 7.42. The minimum Gasteiger partial charge on any atom is -0.321 e. The molecule has 0 unspecified atom stereocenters. The summed E-state index contributed by atoms with van der Waals surface area (Å²) in [6.07, 6.45) is -4.69. The van der Waals surface area contributed by atoms with E-state index in [9.17, 15) is 18.0 Å². The Morgan fingerprint density at radius 1 is 1.09 bits per heavy atom. The van der Waals surface area contributed by atoms with Gasteiger partial charge in [0.15, 0.2) is 11.3 Å². The highest BCUT2D eigenvalue weighted by molar-refractivity contribution is 6.37. The lowest BCUT2D eigenvalue weighted by atomic mass is 10.2. The van der Waals surface area contributed by atoms with Crippen LogP contribution in [0, 0.1) is 20.8 Å². The van der Waals surface area contributed by atoms with E-state index in [-0.39, 0.29) is 22.1 Å². The number of carbonyl (C=O) groups is 1. The maximum Gasteiger partial charge on any atom is 0.433 e. The largest absolute Gasteiger partial charge is 0.433 e. The standard InChI is InChI=1S/C21H18ClF3N6O/c1-11-8-16(21(23,24)25)31-19(26-11)17(22)18(29-31)20(32)27-15-6-4-5-14(9-15)10-30-13(3)7-12(2)28-30/h4-9H,10H2,1-3H3,(H,27,32).